The Morgan fingerprint density at radius 2 is 2.09 bits per heavy atom. The Labute approximate surface area is 139 Å². The molecule has 0 aliphatic carbocycles. The van der Waals surface area contributed by atoms with Gasteiger partial charge in [-0.25, -0.2) is 0 Å². The van der Waals surface area contributed by atoms with E-state index < -0.39 is 0 Å². The molecule has 1 heterocycles. The average molecular weight is 366 g/mol. The van der Waals surface area contributed by atoms with Crippen LogP contribution in [-0.2, 0) is 16.8 Å². The number of carbonyl (C=O) groups excluding carboxylic acids is 1. The van der Waals surface area contributed by atoms with Crippen LogP contribution in [-0.4, -0.2) is 12.5 Å². The number of hydrogen-bond acceptors (Lipinski definition) is 3. The van der Waals surface area contributed by atoms with E-state index >= 15 is 0 Å². The van der Waals surface area contributed by atoms with Gasteiger partial charge in [0.25, 0.3) is 5.91 Å². The summed E-state index contributed by atoms with van der Waals surface area (Å²) < 4.78 is 11.5. The fourth-order valence-electron chi connectivity index (χ4n) is 1.88. The molecule has 0 unspecified atom stereocenters. The number of benzene rings is 1. The highest BCUT2D eigenvalue weighted by atomic mass is 79.9. The lowest BCUT2D eigenvalue weighted by Crippen LogP contribution is -2.28. The van der Waals surface area contributed by atoms with Crippen molar-refractivity contribution in [3.63, 3.8) is 0 Å². The number of carbonyl (C=O) groups is 1. The lowest BCUT2D eigenvalue weighted by Gasteiger charge is -2.20. The van der Waals surface area contributed by atoms with Gasteiger partial charge in [0.05, 0.1) is 17.3 Å². The van der Waals surface area contributed by atoms with E-state index in [2.05, 4.69) is 42.0 Å². The molecule has 4 nitrogen and oxygen atoms in total. The molecule has 0 spiro atoms. The predicted octanol–water partition coefficient (Wildman–Crippen LogP) is 4.03. The first-order valence-corrected chi connectivity index (χ1v) is 7.87. The summed E-state index contributed by atoms with van der Waals surface area (Å²) in [4.78, 5) is 11.8. The van der Waals surface area contributed by atoms with Crippen LogP contribution in [0, 0.1) is 0 Å². The van der Waals surface area contributed by atoms with Crippen molar-refractivity contribution in [2.24, 2.45) is 0 Å². The SMILES string of the molecule is CC(C)(C)c1ccc(OCC(=O)NCc2ccco2)c(Br)c1. The van der Waals surface area contributed by atoms with Crippen molar-refractivity contribution in [2.75, 3.05) is 6.61 Å². The van der Waals surface area contributed by atoms with Crippen LogP contribution in [0.1, 0.15) is 32.1 Å². The third-order valence-corrected chi connectivity index (χ3v) is 3.82. The number of ether oxygens (including phenoxy) is 1. The summed E-state index contributed by atoms with van der Waals surface area (Å²) >= 11 is 3.49. The fourth-order valence-corrected chi connectivity index (χ4v) is 2.37. The second-order valence-corrected chi connectivity index (χ2v) is 6.89. The summed E-state index contributed by atoms with van der Waals surface area (Å²) in [5, 5.41) is 2.74. The first-order chi connectivity index (χ1) is 10.4. The topological polar surface area (TPSA) is 51.5 Å². The van der Waals surface area contributed by atoms with E-state index in [1.54, 1.807) is 12.3 Å². The van der Waals surface area contributed by atoms with Crippen LogP contribution in [0.15, 0.2) is 45.5 Å². The van der Waals surface area contributed by atoms with Crippen molar-refractivity contribution in [3.05, 3.63) is 52.4 Å². The molecule has 0 fully saturated rings. The van der Waals surface area contributed by atoms with E-state index in [0.29, 0.717) is 18.1 Å². The van der Waals surface area contributed by atoms with Crippen molar-refractivity contribution in [1.82, 2.24) is 5.32 Å². The van der Waals surface area contributed by atoms with Crippen molar-refractivity contribution in [2.45, 2.75) is 32.7 Å². The number of rotatable bonds is 5. The molecule has 1 amide bonds. The summed E-state index contributed by atoms with van der Waals surface area (Å²) in [5.41, 5.74) is 1.27. The van der Waals surface area contributed by atoms with Crippen molar-refractivity contribution >= 4 is 21.8 Å². The van der Waals surface area contributed by atoms with Gasteiger partial charge in [0.2, 0.25) is 0 Å². The van der Waals surface area contributed by atoms with E-state index in [9.17, 15) is 4.79 Å². The van der Waals surface area contributed by atoms with Gasteiger partial charge in [0, 0.05) is 0 Å². The Hall–Kier alpha value is -1.75. The van der Waals surface area contributed by atoms with Crippen LogP contribution in [0.2, 0.25) is 0 Å². The maximum atomic E-state index is 11.8. The molecule has 1 N–H and O–H groups in total. The van der Waals surface area contributed by atoms with E-state index in [1.165, 1.54) is 5.56 Å². The van der Waals surface area contributed by atoms with Crippen molar-refractivity contribution in [1.29, 1.82) is 0 Å². The molecule has 1 aromatic carbocycles. The van der Waals surface area contributed by atoms with Gasteiger partial charge in [-0.05, 0) is 51.2 Å². The van der Waals surface area contributed by atoms with Crippen LogP contribution in [0.25, 0.3) is 0 Å². The highest BCUT2D eigenvalue weighted by Crippen LogP contribution is 2.31. The van der Waals surface area contributed by atoms with E-state index in [0.717, 1.165) is 4.47 Å². The number of amides is 1. The minimum Gasteiger partial charge on any atom is -0.483 e. The van der Waals surface area contributed by atoms with Gasteiger partial charge >= 0.3 is 0 Å². The number of halogens is 1. The Balaban J connectivity index is 1.87. The third kappa shape index (κ3) is 4.63. The second kappa shape index (κ2) is 7.01. The molecule has 118 valence electrons. The molecule has 5 heteroatoms. The van der Waals surface area contributed by atoms with Gasteiger partial charge < -0.3 is 14.5 Å². The summed E-state index contributed by atoms with van der Waals surface area (Å²) in [6.07, 6.45) is 1.58. The molecule has 0 bridgehead atoms. The molecule has 0 aliphatic rings. The lowest BCUT2D eigenvalue weighted by molar-refractivity contribution is -0.123. The van der Waals surface area contributed by atoms with Crippen molar-refractivity contribution < 1.29 is 13.9 Å². The molecular weight excluding hydrogens is 346 g/mol. The Morgan fingerprint density at radius 1 is 1.32 bits per heavy atom. The molecule has 2 rings (SSSR count). The highest BCUT2D eigenvalue weighted by Gasteiger charge is 2.15. The fraction of sp³-hybridized carbons (Fsp3) is 0.353. The third-order valence-electron chi connectivity index (χ3n) is 3.20. The normalized spacial score (nSPS) is 11.3. The monoisotopic (exact) mass is 365 g/mol. The lowest BCUT2D eigenvalue weighted by atomic mass is 9.87. The molecule has 0 aliphatic heterocycles. The summed E-state index contributed by atoms with van der Waals surface area (Å²) in [6.45, 7) is 6.78. The van der Waals surface area contributed by atoms with E-state index in [-0.39, 0.29) is 17.9 Å². The second-order valence-electron chi connectivity index (χ2n) is 6.04. The minimum atomic E-state index is -0.191. The van der Waals surface area contributed by atoms with E-state index in [1.807, 2.05) is 24.3 Å². The Kier molecular flexibility index (Phi) is 5.29. The molecule has 22 heavy (non-hydrogen) atoms. The minimum absolute atomic E-state index is 0.0336. The zero-order valence-electron chi connectivity index (χ0n) is 13.0. The summed E-state index contributed by atoms with van der Waals surface area (Å²) in [7, 11) is 0. The summed E-state index contributed by atoms with van der Waals surface area (Å²) in [5.74, 6) is 1.17. The molecule has 0 radical (unpaired) electrons. The number of hydrogen-bond donors (Lipinski definition) is 1. The number of furan rings is 1. The smallest absolute Gasteiger partial charge is 0.258 e. The molecular formula is C17H20BrNO3. The van der Waals surface area contributed by atoms with Crippen LogP contribution in [0.4, 0.5) is 0 Å². The van der Waals surface area contributed by atoms with Gasteiger partial charge in [-0.1, -0.05) is 26.8 Å². The average Bonchev–Trinajstić information content (AvgIpc) is 2.96. The zero-order valence-corrected chi connectivity index (χ0v) is 14.6. The molecule has 0 saturated carbocycles. The van der Waals surface area contributed by atoms with E-state index in [4.69, 9.17) is 9.15 Å². The maximum Gasteiger partial charge on any atom is 0.258 e. The van der Waals surface area contributed by atoms with Gasteiger partial charge in [-0.2, -0.15) is 0 Å². The quantitative estimate of drug-likeness (QED) is 0.869. The van der Waals surface area contributed by atoms with Gasteiger partial charge in [-0.15, -0.1) is 0 Å². The molecule has 0 atom stereocenters. The molecule has 1 aromatic heterocycles. The maximum absolute atomic E-state index is 11.8. The predicted molar refractivity (Wildman–Crippen MR) is 88.9 cm³/mol. The molecule has 2 aromatic rings. The largest absolute Gasteiger partial charge is 0.483 e. The standard InChI is InChI=1S/C17H20BrNO3/c1-17(2,3)12-6-7-15(14(18)9-12)22-11-16(20)19-10-13-5-4-8-21-13/h4-9H,10-11H2,1-3H3,(H,19,20). The first kappa shape index (κ1) is 16.6. The number of nitrogens with one attached hydrogen (secondary N) is 1. The van der Waals surface area contributed by atoms with Gasteiger partial charge in [-0.3, -0.25) is 4.79 Å². The Morgan fingerprint density at radius 3 is 2.68 bits per heavy atom. The first-order valence-electron chi connectivity index (χ1n) is 7.08. The van der Waals surface area contributed by atoms with Crippen LogP contribution < -0.4 is 10.1 Å². The summed E-state index contributed by atoms with van der Waals surface area (Å²) in [6, 6.07) is 9.51. The van der Waals surface area contributed by atoms with Crippen molar-refractivity contribution in [3.8, 4) is 5.75 Å². The Bertz CT molecular complexity index is 630. The van der Waals surface area contributed by atoms with Gasteiger partial charge in [0.1, 0.15) is 11.5 Å². The highest BCUT2D eigenvalue weighted by molar-refractivity contribution is 9.10. The van der Waals surface area contributed by atoms with Crippen LogP contribution >= 0.6 is 15.9 Å². The molecule has 0 saturated heterocycles. The zero-order chi connectivity index (χ0) is 16.2. The van der Waals surface area contributed by atoms with Gasteiger partial charge in [0.15, 0.2) is 6.61 Å². The van der Waals surface area contributed by atoms with Crippen LogP contribution in [0.3, 0.4) is 0 Å². The van der Waals surface area contributed by atoms with Crippen LogP contribution in [0.5, 0.6) is 5.75 Å².